The van der Waals surface area contributed by atoms with Crippen molar-refractivity contribution >= 4 is 21.6 Å². The smallest absolute Gasteiger partial charge is 0.242 e. The Morgan fingerprint density at radius 1 is 1.48 bits per heavy atom. The molecule has 0 aliphatic carbocycles. The Bertz CT molecular complexity index is 585. The number of rotatable bonds is 5. The summed E-state index contributed by atoms with van der Waals surface area (Å²) in [6, 6.07) is 4.38. The maximum Gasteiger partial charge on any atom is 0.242 e. The summed E-state index contributed by atoms with van der Waals surface area (Å²) in [4.78, 5) is 0.148. The maximum absolute atomic E-state index is 12.5. The second kappa shape index (κ2) is 7.07. The summed E-state index contributed by atoms with van der Waals surface area (Å²) >= 11 is 5.90. The largest absolute Gasteiger partial charge is 0.392 e. The van der Waals surface area contributed by atoms with E-state index in [1.807, 2.05) is 0 Å². The first-order valence-electron chi connectivity index (χ1n) is 6.88. The first kappa shape index (κ1) is 16.7. The average Bonchev–Trinajstić information content (AvgIpc) is 2.48. The predicted octanol–water partition coefficient (Wildman–Crippen LogP) is 1.88. The van der Waals surface area contributed by atoms with Gasteiger partial charge in [0.15, 0.2) is 0 Å². The number of benzene rings is 1. The third-order valence-electron chi connectivity index (χ3n) is 3.67. The van der Waals surface area contributed by atoms with Crippen LogP contribution in [0.15, 0.2) is 23.1 Å². The summed E-state index contributed by atoms with van der Waals surface area (Å²) in [7, 11) is -2.01. The molecule has 1 saturated heterocycles. The Morgan fingerprint density at radius 3 is 2.86 bits per heavy atom. The Morgan fingerprint density at radius 2 is 2.24 bits per heavy atom. The van der Waals surface area contributed by atoms with E-state index in [1.54, 1.807) is 7.05 Å². The number of ether oxygens (including phenoxy) is 1. The summed E-state index contributed by atoms with van der Waals surface area (Å²) < 4.78 is 31.8. The quantitative estimate of drug-likeness (QED) is 0.893. The molecule has 0 radical (unpaired) electrons. The van der Waals surface area contributed by atoms with Crippen LogP contribution in [0.25, 0.3) is 0 Å². The lowest BCUT2D eigenvalue weighted by atomic mass is 10.0. The van der Waals surface area contributed by atoms with Gasteiger partial charge in [0.05, 0.1) is 18.1 Å². The SMILES string of the molecule is CN(CC1CCCOC1)S(=O)(=O)c1ccc(Cl)c(CO)c1. The molecule has 1 aliphatic rings. The summed E-state index contributed by atoms with van der Waals surface area (Å²) in [6.07, 6.45) is 1.94. The van der Waals surface area contributed by atoms with E-state index in [0.29, 0.717) is 23.7 Å². The van der Waals surface area contributed by atoms with Crippen LogP contribution in [0.2, 0.25) is 5.02 Å². The Kier molecular flexibility index (Phi) is 5.62. The molecule has 5 nitrogen and oxygen atoms in total. The van der Waals surface area contributed by atoms with Crippen molar-refractivity contribution in [3.05, 3.63) is 28.8 Å². The Hall–Kier alpha value is -0.660. The van der Waals surface area contributed by atoms with Crippen molar-refractivity contribution in [3.63, 3.8) is 0 Å². The summed E-state index contributed by atoms with van der Waals surface area (Å²) in [5.41, 5.74) is 0.409. The highest BCUT2D eigenvalue weighted by Gasteiger charge is 2.25. The minimum Gasteiger partial charge on any atom is -0.392 e. The molecular formula is C14H20ClNO4S. The molecule has 1 aliphatic heterocycles. The molecular weight excluding hydrogens is 314 g/mol. The molecule has 1 aromatic rings. The zero-order valence-electron chi connectivity index (χ0n) is 12.0. The molecule has 2 rings (SSSR count). The van der Waals surface area contributed by atoms with Gasteiger partial charge in [-0.3, -0.25) is 0 Å². The van der Waals surface area contributed by atoms with Gasteiger partial charge in [0.1, 0.15) is 0 Å². The third-order valence-corrected chi connectivity index (χ3v) is 5.85. The highest BCUT2D eigenvalue weighted by molar-refractivity contribution is 7.89. The van der Waals surface area contributed by atoms with E-state index < -0.39 is 10.0 Å². The van der Waals surface area contributed by atoms with Crippen LogP contribution in [0, 0.1) is 5.92 Å². The minimum atomic E-state index is -3.58. The van der Waals surface area contributed by atoms with E-state index in [4.69, 9.17) is 16.3 Å². The van der Waals surface area contributed by atoms with Crippen LogP contribution >= 0.6 is 11.6 Å². The average molecular weight is 334 g/mol. The van der Waals surface area contributed by atoms with Crippen molar-refractivity contribution in [2.45, 2.75) is 24.3 Å². The standard InChI is InChI=1S/C14H20ClNO4S/c1-16(8-11-3-2-6-20-10-11)21(18,19)13-4-5-14(15)12(7-13)9-17/h4-5,7,11,17H,2-3,6,8-10H2,1H3. The number of aliphatic hydroxyl groups excluding tert-OH is 1. The van der Waals surface area contributed by atoms with Crippen LogP contribution in [-0.4, -0.2) is 44.6 Å². The summed E-state index contributed by atoms with van der Waals surface area (Å²) in [6.45, 7) is 1.49. The molecule has 0 bridgehead atoms. The monoisotopic (exact) mass is 333 g/mol. The molecule has 1 fully saturated rings. The molecule has 0 saturated carbocycles. The highest BCUT2D eigenvalue weighted by atomic mass is 35.5. The van der Waals surface area contributed by atoms with Crippen molar-refractivity contribution in [1.82, 2.24) is 4.31 Å². The van der Waals surface area contributed by atoms with Gasteiger partial charge in [0.25, 0.3) is 0 Å². The first-order chi connectivity index (χ1) is 9.95. The first-order valence-corrected chi connectivity index (χ1v) is 8.70. The normalized spacial score (nSPS) is 19.9. The van der Waals surface area contributed by atoms with E-state index in [2.05, 4.69) is 0 Å². The van der Waals surface area contributed by atoms with Gasteiger partial charge in [0.2, 0.25) is 10.0 Å². The molecule has 1 unspecified atom stereocenters. The second-order valence-corrected chi connectivity index (χ2v) is 7.73. The number of sulfonamides is 1. The van der Waals surface area contributed by atoms with Crippen LogP contribution in [0.5, 0.6) is 0 Å². The topological polar surface area (TPSA) is 66.8 Å². The lowest BCUT2D eigenvalue weighted by Crippen LogP contribution is -2.35. The number of aliphatic hydroxyl groups is 1. The van der Waals surface area contributed by atoms with Gasteiger partial charge >= 0.3 is 0 Å². The number of nitrogens with zero attached hydrogens (tertiary/aromatic N) is 1. The Balaban J connectivity index is 2.16. The molecule has 1 aromatic carbocycles. The molecule has 21 heavy (non-hydrogen) atoms. The van der Waals surface area contributed by atoms with Gasteiger partial charge in [-0.05, 0) is 42.5 Å². The lowest BCUT2D eigenvalue weighted by Gasteiger charge is -2.26. The fourth-order valence-electron chi connectivity index (χ4n) is 2.43. The minimum absolute atomic E-state index is 0.148. The van der Waals surface area contributed by atoms with Crippen LogP contribution in [0.1, 0.15) is 18.4 Å². The fourth-order valence-corrected chi connectivity index (χ4v) is 3.90. The zero-order chi connectivity index (χ0) is 15.5. The number of hydrogen-bond donors (Lipinski definition) is 1. The molecule has 0 spiro atoms. The van der Waals surface area contributed by atoms with Crippen molar-refractivity contribution in [1.29, 1.82) is 0 Å². The summed E-state index contributed by atoms with van der Waals surface area (Å²) in [5, 5.41) is 9.56. The predicted molar refractivity (Wildman–Crippen MR) is 80.7 cm³/mol. The van der Waals surface area contributed by atoms with Crippen molar-refractivity contribution in [2.24, 2.45) is 5.92 Å². The maximum atomic E-state index is 12.5. The molecule has 0 amide bonds. The lowest BCUT2D eigenvalue weighted by molar-refractivity contribution is 0.0495. The van der Waals surface area contributed by atoms with E-state index in [-0.39, 0.29) is 17.4 Å². The van der Waals surface area contributed by atoms with Crippen LogP contribution < -0.4 is 0 Å². The van der Waals surface area contributed by atoms with Gasteiger partial charge < -0.3 is 9.84 Å². The molecule has 1 atom stereocenters. The van der Waals surface area contributed by atoms with E-state index in [9.17, 15) is 13.5 Å². The second-order valence-electron chi connectivity index (χ2n) is 5.28. The fraction of sp³-hybridized carbons (Fsp3) is 0.571. The molecule has 1 heterocycles. The number of halogens is 1. The molecule has 1 N–H and O–H groups in total. The third kappa shape index (κ3) is 3.96. The van der Waals surface area contributed by atoms with Crippen molar-refractivity contribution in [3.8, 4) is 0 Å². The van der Waals surface area contributed by atoms with E-state index >= 15 is 0 Å². The zero-order valence-corrected chi connectivity index (χ0v) is 13.5. The van der Waals surface area contributed by atoms with E-state index in [1.165, 1.54) is 22.5 Å². The molecule has 7 heteroatoms. The van der Waals surface area contributed by atoms with Crippen LogP contribution in [0.4, 0.5) is 0 Å². The van der Waals surface area contributed by atoms with Gasteiger partial charge in [-0.1, -0.05) is 11.6 Å². The Labute approximate surface area is 130 Å². The highest BCUT2D eigenvalue weighted by Crippen LogP contribution is 2.24. The van der Waals surface area contributed by atoms with Crippen molar-refractivity contribution < 1.29 is 18.3 Å². The van der Waals surface area contributed by atoms with Crippen LogP contribution in [-0.2, 0) is 21.4 Å². The van der Waals surface area contributed by atoms with Gasteiger partial charge in [-0.2, -0.15) is 0 Å². The number of hydrogen-bond acceptors (Lipinski definition) is 4. The molecule has 0 aromatic heterocycles. The van der Waals surface area contributed by atoms with Gasteiger partial charge in [-0.25, -0.2) is 12.7 Å². The van der Waals surface area contributed by atoms with Gasteiger partial charge in [0, 0.05) is 25.2 Å². The molecule has 118 valence electrons. The van der Waals surface area contributed by atoms with E-state index in [0.717, 1.165) is 19.4 Å². The van der Waals surface area contributed by atoms with Gasteiger partial charge in [-0.15, -0.1) is 0 Å². The van der Waals surface area contributed by atoms with Crippen molar-refractivity contribution in [2.75, 3.05) is 26.8 Å². The van der Waals surface area contributed by atoms with Crippen LogP contribution in [0.3, 0.4) is 0 Å². The summed E-state index contributed by atoms with van der Waals surface area (Å²) in [5.74, 6) is 0.225.